The molecule has 0 aliphatic heterocycles. The molecular formula is C14H18N2O5. The molecule has 7 nitrogen and oxygen atoms in total. The van der Waals surface area contributed by atoms with Crippen molar-refractivity contribution < 1.29 is 19.6 Å². The van der Waals surface area contributed by atoms with Crippen molar-refractivity contribution in [3.63, 3.8) is 0 Å². The van der Waals surface area contributed by atoms with Gasteiger partial charge in [-0.25, -0.2) is 4.79 Å². The molecule has 7 heteroatoms. The Morgan fingerprint density at radius 2 is 2.10 bits per heavy atom. The highest BCUT2D eigenvalue weighted by Crippen LogP contribution is 2.15. The number of aliphatic carboxylic acids is 1. The van der Waals surface area contributed by atoms with Crippen LogP contribution in [0.2, 0.25) is 0 Å². The highest BCUT2D eigenvalue weighted by atomic mass is 16.6. The molecule has 0 heterocycles. The molecule has 0 saturated carbocycles. The number of amides is 1. The highest BCUT2D eigenvalue weighted by molar-refractivity contribution is 5.86. The van der Waals surface area contributed by atoms with E-state index in [2.05, 4.69) is 5.32 Å². The van der Waals surface area contributed by atoms with Crippen molar-refractivity contribution in [2.75, 3.05) is 0 Å². The summed E-state index contributed by atoms with van der Waals surface area (Å²) in [7, 11) is 0. The Morgan fingerprint density at radius 1 is 1.43 bits per heavy atom. The predicted octanol–water partition coefficient (Wildman–Crippen LogP) is 1.90. The quantitative estimate of drug-likeness (QED) is 0.589. The topological polar surface area (TPSA) is 110 Å². The van der Waals surface area contributed by atoms with Crippen molar-refractivity contribution in [2.24, 2.45) is 0 Å². The van der Waals surface area contributed by atoms with Gasteiger partial charge in [0, 0.05) is 18.6 Å². The van der Waals surface area contributed by atoms with Gasteiger partial charge in [0.2, 0.25) is 5.91 Å². The standard InChI is InChI=1S/C14H18N2O5/c1-3-14(2,13(18)19)15-12(17)8-7-10-5-4-6-11(9-10)16(20)21/h4-6,9H,3,7-8H2,1-2H3,(H,15,17)(H,18,19). The minimum Gasteiger partial charge on any atom is -0.480 e. The summed E-state index contributed by atoms with van der Waals surface area (Å²) in [5, 5.41) is 22.2. The van der Waals surface area contributed by atoms with Gasteiger partial charge in [-0.2, -0.15) is 0 Å². The van der Waals surface area contributed by atoms with Gasteiger partial charge in [-0.05, 0) is 25.3 Å². The number of hydrogen-bond donors (Lipinski definition) is 2. The molecule has 114 valence electrons. The number of non-ortho nitro benzene ring substituents is 1. The second-order valence-electron chi connectivity index (χ2n) is 4.97. The van der Waals surface area contributed by atoms with E-state index in [1.54, 1.807) is 19.1 Å². The number of aryl methyl sites for hydroxylation is 1. The number of nitrogens with one attached hydrogen (secondary N) is 1. The van der Waals surface area contributed by atoms with Crippen LogP contribution in [0.4, 0.5) is 5.69 Å². The zero-order valence-electron chi connectivity index (χ0n) is 12.0. The van der Waals surface area contributed by atoms with Crippen molar-refractivity contribution in [1.82, 2.24) is 5.32 Å². The Labute approximate surface area is 122 Å². The van der Waals surface area contributed by atoms with Crippen LogP contribution < -0.4 is 5.32 Å². The molecule has 0 bridgehead atoms. The average Bonchev–Trinajstić information content (AvgIpc) is 2.45. The summed E-state index contributed by atoms with van der Waals surface area (Å²) in [5.41, 5.74) is -0.663. The maximum Gasteiger partial charge on any atom is 0.329 e. The number of carboxylic acids is 1. The minimum absolute atomic E-state index is 0.0307. The summed E-state index contributed by atoms with van der Waals surface area (Å²) in [4.78, 5) is 33.1. The molecule has 1 amide bonds. The van der Waals surface area contributed by atoms with Crippen LogP contribution in [0.25, 0.3) is 0 Å². The lowest BCUT2D eigenvalue weighted by atomic mass is 9.98. The molecule has 0 radical (unpaired) electrons. The van der Waals surface area contributed by atoms with Crippen LogP contribution in [0.5, 0.6) is 0 Å². The molecule has 21 heavy (non-hydrogen) atoms. The minimum atomic E-state index is -1.29. The van der Waals surface area contributed by atoms with Crippen LogP contribution in [-0.4, -0.2) is 27.4 Å². The molecule has 0 spiro atoms. The van der Waals surface area contributed by atoms with Crippen LogP contribution >= 0.6 is 0 Å². The van der Waals surface area contributed by atoms with Crippen LogP contribution in [0.15, 0.2) is 24.3 Å². The van der Waals surface area contributed by atoms with E-state index in [-0.39, 0.29) is 18.5 Å². The number of nitrogens with zero attached hydrogens (tertiary/aromatic N) is 1. The normalized spacial score (nSPS) is 13.2. The van der Waals surface area contributed by atoms with E-state index in [1.807, 2.05) is 0 Å². The van der Waals surface area contributed by atoms with Crippen molar-refractivity contribution >= 4 is 17.6 Å². The molecule has 1 aromatic rings. The molecule has 0 aliphatic rings. The maximum absolute atomic E-state index is 11.8. The molecule has 0 aromatic heterocycles. The number of carbonyl (C=O) groups is 2. The van der Waals surface area contributed by atoms with Gasteiger partial charge in [-0.1, -0.05) is 19.1 Å². The monoisotopic (exact) mass is 294 g/mol. The van der Waals surface area contributed by atoms with Crippen LogP contribution in [0.3, 0.4) is 0 Å². The number of carboxylic acid groups (broad SMARTS) is 1. The van der Waals surface area contributed by atoms with E-state index < -0.39 is 22.3 Å². The fourth-order valence-corrected chi connectivity index (χ4v) is 1.75. The summed E-state index contributed by atoms with van der Waals surface area (Å²) >= 11 is 0. The smallest absolute Gasteiger partial charge is 0.329 e. The lowest BCUT2D eigenvalue weighted by Crippen LogP contribution is -2.51. The third-order valence-corrected chi connectivity index (χ3v) is 3.36. The van der Waals surface area contributed by atoms with E-state index in [0.29, 0.717) is 12.0 Å². The van der Waals surface area contributed by atoms with E-state index >= 15 is 0 Å². The lowest BCUT2D eigenvalue weighted by Gasteiger charge is -2.24. The van der Waals surface area contributed by atoms with Crippen molar-refractivity contribution in [1.29, 1.82) is 0 Å². The number of nitro groups is 1. The number of benzene rings is 1. The van der Waals surface area contributed by atoms with Gasteiger partial charge in [0.25, 0.3) is 5.69 Å². The summed E-state index contributed by atoms with van der Waals surface area (Å²) in [6.45, 7) is 3.12. The first-order valence-electron chi connectivity index (χ1n) is 6.56. The highest BCUT2D eigenvalue weighted by Gasteiger charge is 2.32. The first kappa shape index (κ1) is 16.6. The Kier molecular flexibility index (Phi) is 5.40. The number of carbonyl (C=O) groups excluding carboxylic acids is 1. The van der Waals surface area contributed by atoms with Crippen molar-refractivity contribution in [3.05, 3.63) is 39.9 Å². The fourth-order valence-electron chi connectivity index (χ4n) is 1.75. The van der Waals surface area contributed by atoms with E-state index in [1.165, 1.54) is 19.1 Å². The van der Waals surface area contributed by atoms with Crippen LogP contribution in [-0.2, 0) is 16.0 Å². The second kappa shape index (κ2) is 6.83. The zero-order chi connectivity index (χ0) is 16.0. The van der Waals surface area contributed by atoms with Gasteiger partial charge >= 0.3 is 5.97 Å². The summed E-state index contributed by atoms with van der Waals surface area (Å²) in [6, 6.07) is 6.03. The SMILES string of the molecule is CCC(C)(NC(=O)CCc1cccc([N+](=O)[O-])c1)C(=O)O. The van der Waals surface area contributed by atoms with Gasteiger partial charge in [0.15, 0.2) is 0 Å². The lowest BCUT2D eigenvalue weighted by molar-refractivity contribution is -0.384. The van der Waals surface area contributed by atoms with E-state index in [0.717, 1.165) is 0 Å². The molecule has 0 fully saturated rings. The molecule has 1 atom stereocenters. The van der Waals surface area contributed by atoms with Gasteiger partial charge in [-0.3, -0.25) is 14.9 Å². The van der Waals surface area contributed by atoms with Gasteiger partial charge in [0.05, 0.1) is 4.92 Å². The molecular weight excluding hydrogens is 276 g/mol. The second-order valence-corrected chi connectivity index (χ2v) is 4.97. The molecule has 0 aliphatic carbocycles. The van der Waals surface area contributed by atoms with Crippen molar-refractivity contribution in [2.45, 2.75) is 38.6 Å². The molecule has 1 aromatic carbocycles. The largest absolute Gasteiger partial charge is 0.480 e. The van der Waals surface area contributed by atoms with Gasteiger partial charge < -0.3 is 10.4 Å². The zero-order valence-corrected chi connectivity index (χ0v) is 12.0. The summed E-state index contributed by atoms with van der Waals surface area (Å²) < 4.78 is 0. The third-order valence-electron chi connectivity index (χ3n) is 3.36. The summed E-state index contributed by atoms with van der Waals surface area (Å²) in [5.74, 6) is -1.48. The molecule has 1 rings (SSSR count). The Bertz CT molecular complexity index is 558. The van der Waals surface area contributed by atoms with Crippen molar-refractivity contribution in [3.8, 4) is 0 Å². The van der Waals surface area contributed by atoms with E-state index in [9.17, 15) is 19.7 Å². The fraction of sp³-hybridized carbons (Fsp3) is 0.429. The first-order chi connectivity index (χ1) is 9.78. The molecule has 0 saturated heterocycles. The van der Waals surface area contributed by atoms with Crippen LogP contribution in [0, 0.1) is 10.1 Å². The van der Waals surface area contributed by atoms with Gasteiger partial charge in [-0.15, -0.1) is 0 Å². The summed E-state index contributed by atoms with van der Waals surface area (Å²) in [6.07, 6.45) is 0.655. The van der Waals surface area contributed by atoms with Crippen LogP contribution in [0.1, 0.15) is 32.3 Å². The molecule has 1 unspecified atom stereocenters. The Hall–Kier alpha value is -2.44. The Morgan fingerprint density at radius 3 is 2.62 bits per heavy atom. The number of hydrogen-bond acceptors (Lipinski definition) is 4. The number of nitro benzene ring substituents is 1. The average molecular weight is 294 g/mol. The maximum atomic E-state index is 11.8. The predicted molar refractivity (Wildman–Crippen MR) is 75.9 cm³/mol. The Balaban J connectivity index is 2.63. The van der Waals surface area contributed by atoms with E-state index in [4.69, 9.17) is 5.11 Å². The third kappa shape index (κ3) is 4.55. The first-order valence-corrected chi connectivity index (χ1v) is 6.56. The molecule has 2 N–H and O–H groups in total. The van der Waals surface area contributed by atoms with Gasteiger partial charge in [0.1, 0.15) is 5.54 Å². The number of rotatable bonds is 7.